The zero-order chi connectivity index (χ0) is 14.7. The number of sulfonamides is 2. The van der Waals surface area contributed by atoms with Gasteiger partial charge in [0.25, 0.3) is 0 Å². The second-order valence-electron chi connectivity index (χ2n) is 3.92. The lowest BCUT2D eigenvalue weighted by Gasteiger charge is -2.11. The summed E-state index contributed by atoms with van der Waals surface area (Å²) in [5, 5.41) is 0. The molecule has 0 amide bonds. The van der Waals surface area contributed by atoms with Crippen molar-refractivity contribution in [1.82, 2.24) is 9.03 Å². The Morgan fingerprint density at radius 3 is 2.37 bits per heavy atom. The fourth-order valence-corrected chi connectivity index (χ4v) is 4.34. The molecule has 0 bridgehead atoms. The van der Waals surface area contributed by atoms with Crippen LogP contribution in [-0.4, -0.2) is 47.5 Å². The average molecular weight is 327 g/mol. The quantitative estimate of drug-likeness (QED) is 0.693. The van der Waals surface area contributed by atoms with Gasteiger partial charge in [-0.3, -0.25) is 0 Å². The lowest BCUT2D eigenvalue weighted by Crippen LogP contribution is -2.33. The first-order valence-electron chi connectivity index (χ1n) is 5.37. The molecule has 3 N–H and O–H groups in total. The number of nitrogens with zero attached hydrogens (tertiary/aromatic N) is 1. The first kappa shape index (κ1) is 16.5. The first-order chi connectivity index (χ1) is 8.69. The highest BCUT2D eigenvalue weighted by Gasteiger charge is 2.19. The summed E-state index contributed by atoms with van der Waals surface area (Å²) in [5.41, 5.74) is 5.41. The van der Waals surface area contributed by atoms with Crippen LogP contribution in [0.15, 0.2) is 16.3 Å². The van der Waals surface area contributed by atoms with Gasteiger partial charge in [-0.1, -0.05) is 0 Å². The van der Waals surface area contributed by atoms with Gasteiger partial charge in [0, 0.05) is 32.1 Å². The summed E-state index contributed by atoms with van der Waals surface area (Å²) < 4.78 is 50.1. The SMILES string of the molecule is CN(C)S(=O)(=O)CCNS(=O)(=O)c1ccc(CN)s1. The molecule has 110 valence electrons. The van der Waals surface area contributed by atoms with Crippen molar-refractivity contribution in [3.8, 4) is 0 Å². The van der Waals surface area contributed by atoms with Crippen LogP contribution in [0.5, 0.6) is 0 Å². The third-order valence-corrected chi connectivity index (χ3v) is 7.20. The monoisotopic (exact) mass is 327 g/mol. The molecular formula is C9H17N3O4S3. The summed E-state index contributed by atoms with van der Waals surface area (Å²) >= 11 is 1.07. The third-order valence-electron chi connectivity index (χ3n) is 2.31. The van der Waals surface area contributed by atoms with Crippen LogP contribution in [0.3, 0.4) is 0 Å². The zero-order valence-electron chi connectivity index (χ0n) is 10.7. The van der Waals surface area contributed by atoms with Crippen LogP contribution in [0.4, 0.5) is 0 Å². The lowest BCUT2D eigenvalue weighted by atomic mass is 10.5. The molecule has 0 aliphatic heterocycles. The zero-order valence-corrected chi connectivity index (χ0v) is 13.1. The van der Waals surface area contributed by atoms with Crippen molar-refractivity contribution in [1.29, 1.82) is 0 Å². The molecule has 0 aliphatic carbocycles. The third kappa shape index (κ3) is 4.51. The maximum absolute atomic E-state index is 11.9. The van der Waals surface area contributed by atoms with Gasteiger partial charge in [0.1, 0.15) is 4.21 Å². The molecule has 19 heavy (non-hydrogen) atoms. The van der Waals surface area contributed by atoms with E-state index in [2.05, 4.69) is 4.72 Å². The first-order valence-corrected chi connectivity index (χ1v) is 9.28. The van der Waals surface area contributed by atoms with Crippen molar-refractivity contribution in [2.75, 3.05) is 26.4 Å². The maximum Gasteiger partial charge on any atom is 0.250 e. The minimum absolute atomic E-state index is 0.134. The van der Waals surface area contributed by atoms with Crippen LogP contribution in [0, 0.1) is 0 Å². The average Bonchev–Trinajstić information content (AvgIpc) is 2.77. The smallest absolute Gasteiger partial charge is 0.250 e. The molecule has 1 rings (SSSR count). The van der Waals surface area contributed by atoms with Crippen molar-refractivity contribution in [2.45, 2.75) is 10.8 Å². The molecule has 0 unspecified atom stereocenters. The van der Waals surface area contributed by atoms with E-state index >= 15 is 0 Å². The summed E-state index contributed by atoms with van der Waals surface area (Å²) in [5.74, 6) is -0.283. The molecule has 0 aliphatic rings. The number of nitrogens with one attached hydrogen (secondary N) is 1. The Hall–Kier alpha value is -0.520. The van der Waals surface area contributed by atoms with Gasteiger partial charge in [0.15, 0.2) is 0 Å². The van der Waals surface area contributed by atoms with E-state index in [1.54, 1.807) is 6.07 Å². The van der Waals surface area contributed by atoms with Crippen molar-refractivity contribution in [2.24, 2.45) is 5.73 Å². The maximum atomic E-state index is 11.9. The van der Waals surface area contributed by atoms with Gasteiger partial charge in [0.2, 0.25) is 20.0 Å². The van der Waals surface area contributed by atoms with E-state index in [0.29, 0.717) is 0 Å². The Morgan fingerprint density at radius 1 is 1.26 bits per heavy atom. The predicted molar refractivity (Wildman–Crippen MR) is 74.9 cm³/mol. The topological polar surface area (TPSA) is 110 Å². The lowest BCUT2D eigenvalue weighted by molar-refractivity contribution is 0.519. The van der Waals surface area contributed by atoms with Crippen molar-refractivity contribution >= 4 is 31.4 Å². The van der Waals surface area contributed by atoms with E-state index in [-0.39, 0.29) is 23.1 Å². The van der Waals surface area contributed by atoms with Crippen molar-refractivity contribution < 1.29 is 16.8 Å². The largest absolute Gasteiger partial charge is 0.326 e. The van der Waals surface area contributed by atoms with Gasteiger partial charge in [-0.2, -0.15) is 0 Å². The van der Waals surface area contributed by atoms with Crippen LogP contribution >= 0.6 is 11.3 Å². The van der Waals surface area contributed by atoms with Crippen LogP contribution in [0.2, 0.25) is 0 Å². The molecule has 0 saturated heterocycles. The number of thiophene rings is 1. The molecule has 10 heteroatoms. The van der Waals surface area contributed by atoms with Gasteiger partial charge in [-0.15, -0.1) is 11.3 Å². The minimum atomic E-state index is -3.67. The molecule has 0 fully saturated rings. The summed E-state index contributed by atoms with van der Waals surface area (Å²) in [4.78, 5) is 0.751. The van der Waals surface area contributed by atoms with Gasteiger partial charge in [0.05, 0.1) is 5.75 Å². The number of nitrogens with two attached hydrogens (primary N) is 1. The Labute approximate surface area is 117 Å². The van der Waals surface area contributed by atoms with E-state index < -0.39 is 20.0 Å². The van der Waals surface area contributed by atoms with E-state index in [9.17, 15) is 16.8 Å². The van der Waals surface area contributed by atoms with E-state index in [4.69, 9.17) is 5.73 Å². The fraction of sp³-hybridized carbons (Fsp3) is 0.556. The molecule has 0 saturated carbocycles. The summed E-state index contributed by atoms with van der Waals surface area (Å²) in [6.07, 6.45) is 0. The van der Waals surface area contributed by atoms with Crippen molar-refractivity contribution in [3.63, 3.8) is 0 Å². The Morgan fingerprint density at radius 2 is 1.89 bits per heavy atom. The molecule has 1 aromatic heterocycles. The number of rotatable bonds is 7. The Bertz CT molecular complexity index is 619. The molecule has 1 aromatic rings. The highest BCUT2D eigenvalue weighted by atomic mass is 32.2. The Kier molecular flexibility index (Phi) is 5.47. The molecular weight excluding hydrogens is 310 g/mol. The molecule has 0 atom stereocenters. The van der Waals surface area contributed by atoms with Crippen LogP contribution in [0.1, 0.15) is 4.88 Å². The highest BCUT2D eigenvalue weighted by Crippen LogP contribution is 2.20. The standard InChI is InChI=1S/C9H17N3O4S3/c1-12(2)18(13,14)6-5-11-19(15,16)9-4-3-8(7-10)17-9/h3-4,11H,5-7,10H2,1-2H3. The Balaban J connectivity index is 2.67. The van der Waals surface area contributed by atoms with Crippen molar-refractivity contribution in [3.05, 3.63) is 17.0 Å². The normalized spacial score (nSPS) is 13.1. The molecule has 7 nitrogen and oxygen atoms in total. The van der Waals surface area contributed by atoms with E-state index in [0.717, 1.165) is 20.5 Å². The van der Waals surface area contributed by atoms with Gasteiger partial charge < -0.3 is 5.73 Å². The predicted octanol–water partition coefficient (Wildman–Crippen LogP) is -0.623. The minimum Gasteiger partial charge on any atom is -0.326 e. The van der Waals surface area contributed by atoms with E-state index in [1.807, 2.05) is 0 Å². The van der Waals surface area contributed by atoms with Gasteiger partial charge >= 0.3 is 0 Å². The summed E-state index contributed by atoms with van der Waals surface area (Å²) in [6.45, 7) is 0.105. The number of hydrogen-bond donors (Lipinski definition) is 2. The molecule has 0 radical (unpaired) electrons. The molecule has 1 heterocycles. The van der Waals surface area contributed by atoms with Crippen LogP contribution in [0.25, 0.3) is 0 Å². The molecule has 0 spiro atoms. The fourth-order valence-electron chi connectivity index (χ4n) is 1.17. The number of hydrogen-bond acceptors (Lipinski definition) is 6. The van der Waals surface area contributed by atoms with Crippen LogP contribution in [-0.2, 0) is 26.6 Å². The van der Waals surface area contributed by atoms with Gasteiger partial charge in [-0.25, -0.2) is 25.9 Å². The highest BCUT2D eigenvalue weighted by molar-refractivity contribution is 7.91. The summed E-state index contributed by atoms with van der Waals surface area (Å²) in [6, 6.07) is 3.09. The molecule has 0 aromatic carbocycles. The summed E-state index contributed by atoms with van der Waals surface area (Å²) in [7, 11) is -4.28. The van der Waals surface area contributed by atoms with E-state index in [1.165, 1.54) is 20.2 Å². The second kappa shape index (κ2) is 6.29. The van der Waals surface area contributed by atoms with Gasteiger partial charge in [-0.05, 0) is 12.1 Å². The van der Waals surface area contributed by atoms with Crippen LogP contribution < -0.4 is 10.5 Å². The second-order valence-corrected chi connectivity index (χ2v) is 9.39.